The van der Waals surface area contributed by atoms with Crippen LogP contribution >= 0.6 is 0 Å². The zero-order valence-corrected chi connectivity index (χ0v) is 19.5. The standard InChI is InChI=1S/C24H31N3O7/c1-25-24(30)21(14-16-4-6-18(32-2)7-5-16)26-23(29)17(15-22(28)27-31)12-13-34-20-10-8-19(33-3)9-11-20/h4-11,17,21,31H,12-15H2,1-3H3,(H,25,30)(H,26,29)(H,27,28)/t17-,21+/m1/s1. The number of carbonyl (C=O) groups is 3. The molecule has 2 aromatic rings. The largest absolute Gasteiger partial charge is 0.497 e. The molecule has 2 atom stereocenters. The first kappa shape index (κ1) is 26.5. The molecule has 0 fully saturated rings. The van der Waals surface area contributed by atoms with Crippen molar-refractivity contribution in [2.75, 3.05) is 27.9 Å². The lowest BCUT2D eigenvalue weighted by Gasteiger charge is -2.22. The van der Waals surface area contributed by atoms with Crippen LogP contribution in [0.4, 0.5) is 0 Å². The number of likely N-dealkylation sites (N-methyl/N-ethyl adjacent to an activating group) is 1. The van der Waals surface area contributed by atoms with Gasteiger partial charge in [-0.05, 0) is 48.4 Å². The van der Waals surface area contributed by atoms with Gasteiger partial charge in [-0.2, -0.15) is 0 Å². The highest BCUT2D eigenvalue weighted by atomic mass is 16.5. The molecule has 0 bridgehead atoms. The third kappa shape index (κ3) is 8.28. The quantitative estimate of drug-likeness (QED) is 0.255. The van der Waals surface area contributed by atoms with Gasteiger partial charge in [0.2, 0.25) is 17.7 Å². The van der Waals surface area contributed by atoms with Crippen molar-refractivity contribution >= 4 is 17.7 Å². The molecule has 0 radical (unpaired) electrons. The molecule has 2 aromatic carbocycles. The Kier molecular flexibility index (Phi) is 10.7. The number of benzene rings is 2. The van der Waals surface area contributed by atoms with Gasteiger partial charge < -0.3 is 24.8 Å². The number of hydrogen-bond donors (Lipinski definition) is 4. The van der Waals surface area contributed by atoms with E-state index in [1.807, 2.05) is 0 Å². The van der Waals surface area contributed by atoms with Crippen molar-refractivity contribution < 1.29 is 33.8 Å². The Morgan fingerprint density at radius 2 is 1.44 bits per heavy atom. The van der Waals surface area contributed by atoms with Gasteiger partial charge in [0.25, 0.3) is 0 Å². The number of rotatable bonds is 13. The molecule has 0 spiro atoms. The molecule has 34 heavy (non-hydrogen) atoms. The summed E-state index contributed by atoms with van der Waals surface area (Å²) in [6, 6.07) is 13.2. The van der Waals surface area contributed by atoms with Gasteiger partial charge in [0.15, 0.2) is 0 Å². The van der Waals surface area contributed by atoms with Gasteiger partial charge in [-0.15, -0.1) is 0 Å². The first-order valence-electron chi connectivity index (χ1n) is 10.7. The maximum atomic E-state index is 13.0. The highest BCUT2D eigenvalue weighted by Gasteiger charge is 2.27. The Bertz CT molecular complexity index is 933. The molecule has 0 aliphatic carbocycles. The zero-order valence-electron chi connectivity index (χ0n) is 19.5. The predicted molar refractivity (Wildman–Crippen MR) is 124 cm³/mol. The number of hydroxylamine groups is 1. The number of amides is 3. The van der Waals surface area contributed by atoms with E-state index in [0.29, 0.717) is 17.2 Å². The highest BCUT2D eigenvalue weighted by molar-refractivity contribution is 5.90. The predicted octanol–water partition coefficient (Wildman–Crippen LogP) is 1.46. The summed E-state index contributed by atoms with van der Waals surface area (Å²) in [5.74, 6) is -0.468. The molecule has 0 saturated carbocycles. The first-order chi connectivity index (χ1) is 16.4. The van der Waals surface area contributed by atoms with E-state index in [1.165, 1.54) is 7.05 Å². The lowest BCUT2D eigenvalue weighted by molar-refractivity contribution is -0.136. The lowest BCUT2D eigenvalue weighted by Crippen LogP contribution is -2.49. The zero-order chi connectivity index (χ0) is 24.9. The Morgan fingerprint density at radius 1 is 0.882 bits per heavy atom. The molecule has 0 aliphatic rings. The van der Waals surface area contributed by atoms with E-state index in [0.717, 1.165) is 5.56 Å². The van der Waals surface area contributed by atoms with E-state index < -0.39 is 23.8 Å². The molecule has 0 saturated heterocycles. The molecule has 2 rings (SSSR count). The topological polar surface area (TPSA) is 135 Å². The van der Waals surface area contributed by atoms with Crippen molar-refractivity contribution in [3.63, 3.8) is 0 Å². The van der Waals surface area contributed by atoms with E-state index in [4.69, 9.17) is 19.4 Å². The van der Waals surface area contributed by atoms with Crippen molar-refractivity contribution in [3.05, 3.63) is 54.1 Å². The third-order valence-electron chi connectivity index (χ3n) is 5.20. The van der Waals surface area contributed by atoms with Gasteiger partial charge in [0.05, 0.1) is 20.8 Å². The molecule has 10 heteroatoms. The van der Waals surface area contributed by atoms with Gasteiger partial charge in [0, 0.05) is 25.8 Å². The van der Waals surface area contributed by atoms with Crippen LogP contribution in [0.1, 0.15) is 18.4 Å². The molecule has 0 aliphatic heterocycles. The summed E-state index contributed by atoms with van der Waals surface area (Å²) in [7, 11) is 4.60. The van der Waals surface area contributed by atoms with Crippen LogP contribution in [0.25, 0.3) is 0 Å². The Hall–Kier alpha value is -3.79. The molecule has 3 amide bonds. The second-order valence-corrected chi connectivity index (χ2v) is 7.48. The maximum Gasteiger partial charge on any atom is 0.244 e. The van der Waals surface area contributed by atoms with E-state index in [1.54, 1.807) is 68.2 Å². The van der Waals surface area contributed by atoms with E-state index in [-0.39, 0.29) is 31.8 Å². The molecular weight excluding hydrogens is 442 g/mol. The molecular formula is C24H31N3O7. The summed E-state index contributed by atoms with van der Waals surface area (Å²) in [5.41, 5.74) is 2.37. The average Bonchev–Trinajstić information content (AvgIpc) is 2.87. The van der Waals surface area contributed by atoms with E-state index in [2.05, 4.69) is 10.6 Å². The number of nitrogens with one attached hydrogen (secondary N) is 3. The van der Waals surface area contributed by atoms with Crippen LogP contribution < -0.4 is 30.3 Å². The van der Waals surface area contributed by atoms with Crippen LogP contribution in [0.2, 0.25) is 0 Å². The van der Waals surface area contributed by atoms with Crippen LogP contribution in [0.5, 0.6) is 17.2 Å². The summed E-state index contributed by atoms with van der Waals surface area (Å²) in [6.07, 6.45) is 0.169. The Labute approximate surface area is 198 Å². The van der Waals surface area contributed by atoms with Crippen molar-refractivity contribution in [2.24, 2.45) is 5.92 Å². The summed E-state index contributed by atoms with van der Waals surface area (Å²) >= 11 is 0. The first-order valence-corrected chi connectivity index (χ1v) is 10.7. The number of hydrogen-bond acceptors (Lipinski definition) is 7. The highest BCUT2D eigenvalue weighted by Crippen LogP contribution is 2.19. The van der Waals surface area contributed by atoms with Gasteiger partial charge in [0.1, 0.15) is 23.3 Å². The van der Waals surface area contributed by atoms with Crippen molar-refractivity contribution in [2.45, 2.75) is 25.3 Å². The minimum absolute atomic E-state index is 0.145. The molecule has 0 unspecified atom stereocenters. The number of methoxy groups -OCH3 is 2. The second-order valence-electron chi connectivity index (χ2n) is 7.48. The maximum absolute atomic E-state index is 13.0. The van der Waals surface area contributed by atoms with Gasteiger partial charge in [-0.3, -0.25) is 19.6 Å². The molecule has 0 heterocycles. The fourth-order valence-corrected chi connectivity index (χ4v) is 3.26. The van der Waals surface area contributed by atoms with Crippen LogP contribution in [0.3, 0.4) is 0 Å². The second kappa shape index (κ2) is 13.7. The summed E-state index contributed by atoms with van der Waals surface area (Å²) < 4.78 is 15.9. The summed E-state index contributed by atoms with van der Waals surface area (Å²) in [5, 5.41) is 14.2. The third-order valence-corrected chi connectivity index (χ3v) is 5.20. The molecule has 184 valence electrons. The van der Waals surface area contributed by atoms with Crippen molar-refractivity contribution in [1.29, 1.82) is 0 Å². The molecule has 10 nitrogen and oxygen atoms in total. The van der Waals surface area contributed by atoms with Crippen LogP contribution in [0.15, 0.2) is 48.5 Å². The minimum Gasteiger partial charge on any atom is -0.497 e. The van der Waals surface area contributed by atoms with Gasteiger partial charge in [-0.1, -0.05) is 12.1 Å². The average molecular weight is 474 g/mol. The lowest BCUT2D eigenvalue weighted by atomic mass is 9.98. The number of carbonyl (C=O) groups excluding carboxylic acids is 3. The van der Waals surface area contributed by atoms with Gasteiger partial charge in [-0.25, -0.2) is 5.48 Å². The Morgan fingerprint density at radius 3 is 1.97 bits per heavy atom. The Balaban J connectivity index is 2.05. The van der Waals surface area contributed by atoms with Crippen LogP contribution in [0, 0.1) is 5.92 Å². The number of ether oxygens (including phenoxy) is 3. The van der Waals surface area contributed by atoms with Crippen LogP contribution in [-0.2, 0) is 20.8 Å². The fourth-order valence-electron chi connectivity index (χ4n) is 3.26. The monoisotopic (exact) mass is 473 g/mol. The van der Waals surface area contributed by atoms with Crippen molar-refractivity contribution in [3.8, 4) is 17.2 Å². The molecule has 0 aromatic heterocycles. The summed E-state index contributed by atoms with van der Waals surface area (Å²) in [6.45, 7) is 0.145. The minimum atomic E-state index is -0.854. The fraction of sp³-hybridized carbons (Fsp3) is 0.375. The SMILES string of the molecule is CNC(=O)[C@H](Cc1ccc(OC)cc1)NC(=O)[C@H](CCOc1ccc(OC)cc1)CC(=O)NO. The molecule has 4 N–H and O–H groups in total. The van der Waals surface area contributed by atoms with Crippen molar-refractivity contribution in [1.82, 2.24) is 16.1 Å². The van der Waals surface area contributed by atoms with E-state index >= 15 is 0 Å². The van der Waals surface area contributed by atoms with Gasteiger partial charge >= 0.3 is 0 Å². The smallest absolute Gasteiger partial charge is 0.244 e. The summed E-state index contributed by atoms with van der Waals surface area (Å²) in [4.78, 5) is 37.2. The normalized spacial score (nSPS) is 12.1. The van der Waals surface area contributed by atoms with Crippen LogP contribution in [-0.4, -0.2) is 56.8 Å². The van der Waals surface area contributed by atoms with E-state index in [9.17, 15) is 14.4 Å².